The van der Waals surface area contributed by atoms with Gasteiger partial charge in [-0.15, -0.1) is 0 Å². The van der Waals surface area contributed by atoms with Crippen molar-refractivity contribution in [2.75, 3.05) is 0 Å². The summed E-state index contributed by atoms with van der Waals surface area (Å²) in [6.07, 6.45) is 5.50. The Kier molecular flexibility index (Phi) is 6.75. The molecule has 2 rings (SSSR count). The second kappa shape index (κ2) is 9.02. The Hall–Kier alpha value is -2.62. The third-order valence-corrected chi connectivity index (χ3v) is 3.97. The van der Waals surface area contributed by atoms with Gasteiger partial charge in [-0.2, -0.15) is 0 Å². The molecule has 2 amide bonds. The van der Waals surface area contributed by atoms with E-state index in [1.807, 2.05) is 0 Å². The monoisotopic (exact) mass is 342 g/mol. The molecule has 2 unspecified atom stereocenters. The number of aliphatic hydroxyl groups is 1. The summed E-state index contributed by atoms with van der Waals surface area (Å²) in [6.45, 7) is 1.35. The molecule has 132 valence electrons. The van der Waals surface area contributed by atoms with E-state index in [0.717, 1.165) is 24.0 Å². The molecule has 0 bridgehead atoms. The van der Waals surface area contributed by atoms with E-state index in [4.69, 9.17) is 5.21 Å². The van der Waals surface area contributed by atoms with Crippen LogP contribution >= 0.6 is 0 Å². The molecule has 0 fully saturated rings. The molecular formula is C19H22N2O4. The van der Waals surface area contributed by atoms with Crippen LogP contribution in [-0.2, 0) is 4.79 Å². The molecule has 0 saturated carbocycles. The van der Waals surface area contributed by atoms with E-state index in [1.54, 1.807) is 24.3 Å². The van der Waals surface area contributed by atoms with Crippen molar-refractivity contribution in [1.82, 2.24) is 10.8 Å². The Labute approximate surface area is 146 Å². The molecule has 25 heavy (non-hydrogen) atoms. The second-order valence-corrected chi connectivity index (χ2v) is 5.97. The minimum absolute atomic E-state index is 0.332. The van der Waals surface area contributed by atoms with Crippen LogP contribution in [0.25, 0.3) is 0 Å². The van der Waals surface area contributed by atoms with Crippen LogP contribution in [0.2, 0.25) is 0 Å². The topological polar surface area (TPSA) is 98.7 Å². The molecule has 0 aromatic heterocycles. The number of rotatable bonds is 4. The number of allylic oxidation sites excluding steroid dienone is 2. The number of hydrogen-bond donors (Lipinski definition) is 4. The zero-order valence-corrected chi connectivity index (χ0v) is 14.1. The van der Waals surface area contributed by atoms with Crippen molar-refractivity contribution >= 4 is 11.8 Å². The van der Waals surface area contributed by atoms with E-state index in [-0.39, 0.29) is 0 Å². The average Bonchev–Trinajstić information content (AvgIpc) is 2.64. The highest BCUT2D eigenvalue weighted by Crippen LogP contribution is 2.16. The Balaban J connectivity index is 2.03. The van der Waals surface area contributed by atoms with Crippen LogP contribution in [0.1, 0.15) is 48.5 Å². The van der Waals surface area contributed by atoms with E-state index in [2.05, 4.69) is 23.2 Å². The minimum atomic E-state index is -1.24. The van der Waals surface area contributed by atoms with E-state index >= 15 is 0 Å². The molecule has 0 saturated heterocycles. The van der Waals surface area contributed by atoms with Crippen molar-refractivity contribution in [3.63, 3.8) is 0 Å². The molecule has 0 spiro atoms. The Morgan fingerprint density at radius 2 is 1.88 bits per heavy atom. The van der Waals surface area contributed by atoms with E-state index in [9.17, 15) is 14.7 Å². The lowest BCUT2D eigenvalue weighted by molar-refractivity contribution is -0.133. The zero-order chi connectivity index (χ0) is 18.2. The molecule has 4 N–H and O–H groups in total. The molecule has 0 heterocycles. The normalized spacial score (nSPS) is 15.9. The van der Waals surface area contributed by atoms with E-state index < -0.39 is 24.0 Å². The number of carbonyl (C=O) groups excluding carboxylic acids is 2. The van der Waals surface area contributed by atoms with Crippen LogP contribution in [0.4, 0.5) is 0 Å². The predicted octanol–water partition coefficient (Wildman–Crippen LogP) is 1.52. The van der Waals surface area contributed by atoms with E-state index in [0.29, 0.717) is 5.56 Å². The highest BCUT2D eigenvalue weighted by molar-refractivity contribution is 5.97. The molecule has 6 heteroatoms. The summed E-state index contributed by atoms with van der Waals surface area (Å²) in [5.41, 5.74) is 3.71. The van der Waals surface area contributed by atoms with Gasteiger partial charge in [0.2, 0.25) is 0 Å². The Morgan fingerprint density at radius 1 is 1.16 bits per heavy atom. The van der Waals surface area contributed by atoms with Crippen LogP contribution in [0, 0.1) is 11.8 Å². The third-order valence-electron chi connectivity index (χ3n) is 3.97. The lowest BCUT2D eigenvalue weighted by Gasteiger charge is -2.19. The number of hydroxylamine groups is 1. The first-order valence-corrected chi connectivity index (χ1v) is 8.25. The standard InChI is InChI=1S/C19H22N2O4/c1-13(22)17(19(24)21-25)20-18(23)16-11-9-15(10-12-16)8-7-14-5-3-2-4-6-14/h5,9-13,17,22,25H,2-4,6H2,1H3,(H,20,23)(H,21,24). The van der Waals surface area contributed by atoms with Crippen LogP contribution in [-0.4, -0.2) is 34.3 Å². The quantitative estimate of drug-likeness (QED) is 0.379. The largest absolute Gasteiger partial charge is 0.391 e. The van der Waals surface area contributed by atoms with Gasteiger partial charge in [-0.25, -0.2) is 5.48 Å². The average molecular weight is 342 g/mol. The maximum atomic E-state index is 12.2. The summed E-state index contributed by atoms with van der Waals surface area (Å²) in [5.74, 6) is 4.83. The summed E-state index contributed by atoms with van der Waals surface area (Å²) in [4.78, 5) is 23.6. The highest BCUT2D eigenvalue weighted by atomic mass is 16.5. The number of hydrogen-bond acceptors (Lipinski definition) is 4. The van der Waals surface area contributed by atoms with Crippen molar-refractivity contribution in [3.8, 4) is 11.8 Å². The number of benzene rings is 1. The molecule has 1 aliphatic rings. The van der Waals surface area contributed by atoms with Gasteiger partial charge >= 0.3 is 0 Å². The van der Waals surface area contributed by atoms with Crippen molar-refractivity contribution < 1.29 is 19.9 Å². The fourth-order valence-corrected chi connectivity index (χ4v) is 2.51. The van der Waals surface area contributed by atoms with Gasteiger partial charge in [-0.05, 0) is 62.4 Å². The number of aliphatic hydroxyl groups excluding tert-OH is 1. The van der Waals surface area contributed by atoms with Crippen LogP contribution in [0.15, 0.2) is 35.9 Å². The molecule has 0 aliphatic heterocycles. The molecule has 6 nitrogen and oxygen atoms in total. The zero-order valence-electron chi connectivity index (χ0n) is 14.1. The SMILES string of the molecule is CC(O)C(NC(=O)c1ccc(C#CC2=CCCCC2)cc1)C(=O)NO. The van der Waals surface area contributed by atoms with Crippen molar-refractivity contribution in [2.45, 2.75) is 44.8 Å². The lowest BCUT2D eigenvalue weighted by Crippen LogP contribution is -2.51. The third kappa shape index (κ3) is 5.45. The van der Waals surface area contributed by atoms with Gasteiger partial charge in [-0.1, -0.05) is 17.9 Å². The number of carbonyl (C=O) groups is 2. The summed E-state index contributed by atoms with van der Waals surface area (Å²) >= 11 is 0. The lowest BCUT2D eigenvalue weighted by atomic mass is 10.00. The van der Waals surface area contributed by atoms with Crippen LogP contribution < -0.4 is 10.8 Å². The first-order valence-electron chi connectivity index (χ1n) is 8.25. The van der Waals surface area contributed by atoms with Gasteiger partial charge in [0.15, 0.2) is 0 Å². The molecular weight excluding hydrogens is 320 g/mol. The Bertz CT molecular complexity index is 711. The molecule has 2 atom stereocenters. The fourth-order valence-electron chi connectivity index (χ4n) is 2.51. The molecule has 0 radical (unpaired) electrons. The Morgan fingerprint density at radius 3 is 2.44 bits per heavy atom. The van der Waals surface area contributed by atoms with Gasteiger partial charge in [-0.3, -0.25) is 14.8 Å². The smallest absolute Gasteiger partial charge is 0.268 e. The van der Waals surface area contributed by atoms with Gasteiger partial charge in [0, 0.05) is 11.1 Å². The van der Waals surface area contributed by atoms with Crippen molar-refractivity contribution in [1.29, 1.82) is 0 Å². The van der Waals surface area contributed by atoms with Gasteiger partial charge in [0.25, 0.3) is 11.8 Å². The van der Waals surface area contributed by atoms with Crippen molar-refractivity contribution in [3.05, 3.63) is 47.0 Å². The fraction of sp³-hybridized carbons (Fsp3) is 0.368. The molecule has 1 aromatic rings. The van der Waals surface area contributed by atoms with E-state index in [1.165, 1.54) is 25.2 Å². The van der Waals surface area contributed by atoms with Gasteiger partial charge < -0.3 is 10.4 Å². The van der Waals surface area contributed by atoms with Crippen LogP contribution in [0.5, 0.6) is 0 Å². The second-order valence-electron chi connectivity index (χ2n) is 5.97. The summed E-state index contributed by atoms with van der Waals surface area (Å²) in [5, 5.41) is 20.6. The van der Waals surface area contributed by atoms with Crippen LogP contribution in [0.3, 0.4) is 0 Å². The summed E-state index contributed by atoms with van der Waals surface area (Å²) in [6, 6.07) is 5.42. The highest BCUT2D eigenvalue weighted by Gasteiger charge is 2.25. The number of nitrogens with one attached hydrogen (secondary N) is 2. The predicted molar refractivity (Wildman–Crippen MR) is 92.7 cm³/mol. The molecule has 1 aromatic carbocycles. The minimum Gasteiger partial charge on any atom is -0.391 e. The molecule has 1 aliphatic carbocycles. The van der Waals surface area contributed by atoms with Crippen molar-refractivity contribution in [2.24, 2.45) is 0 Å². The maximum absolute atomic E-state index is 12.2. The number of amides is 2. The first-order chi connectivity index (χ1) is 12.0. The summed E-state index contributed by atoms with van der Waals surface area (Å²) in [7, 11) is 0. The first kappa shape index (κ1) is 18.7. The van der Waals surface area contributed by atoms with Gasteiger partial charge in [0.1, 0.15) is 6.04 Å². The maximum Gasteiger partial charge on any atom is 0.268 e. The summed E-state index contributed by atoms with van der Waals surface area (Å²) < 4.78 is 0. The van der Waals surface area contributed by atoms with Gasteiger partial charge in [0.05, 0.1) is 6.10 Å².